The first-order valence-electron chi connectivity index (χ1n) is 9.87. The van der Waals surface area contributed by atoms with Crippen LogP contribution in [0.1, 0.15) is 32.3 Å². The monoisotopic (exact) mass is 515 g/mol. The van der Waals surface area contributed by atoms with Gasteiger partial charge in [-0.3, -0.25) is 15.1 Å². The molecule has 3 rings (SSSR count). The van der Waals surface area contributed by atoms with Gasteiger partial charge in [0.25, 0.3) is 5.91 Å². The van der Waals surface area contributed by atoms with E-state index in [9.17, 15) is 14.7 Å². The number of hydrogen-bond donors (Lipinski definition) is 4. The van der Waals surface area contributed by atoms with E-state index in [1.54, 1.807) is 13.0 Å². The molecule has 1 aromatic carbocycles. The Kier molecular flexibility index (Phi) is 8.12. The van der Waals surface area contributed by atoms with E-state index < -0.39 is 11.6 Å². The Bertz CT molecular complexity index is 764. The van der Waals surface area contributed by atoms with Crippen molar-refractivity contribution in [1.82, 2.24) is 20.9 Å². The van der Waals surface area contributed by atoms with Gasteiger partial charge in [0.2, 0.25) is 0 Å². The van der Waals surface area contributed by atoms with Crippen LogP contribution >= 0.6 is 24.0 Å². The van der Waals surface area contributed by atoms with E-state index in [0.717, 1.165) is 44.0 Å². The number of nitrogens with zero attached hydrogens (tertiary/aromatic N) is 2. The van der Waals surface area contributed by atoms with Crippen molar-refractivity contribution in [2.45, 2.75) is 38.6 Å². The molecule has 29 heavy (non-hydrogen) atoms. The van der Waals surface area contributed by atoms with Gasteiger partial charge in [0.1, 0.15) is 11.3 Å². The van der Waals surface area contributed by atoms with Crippen LogP contribution in [-0.2, 0) is 11.2 Å². The van der Waals surface area contributed by atoms with Gasteiger partial charge >= 0.3 is 6.03 Å². The molecule has 4 N–H and O–H groups in total. The van der Waals surface area contributed by atoms with Crippen LogP contribution in [0, 0.1) is 5.92 Å². The number of aliphatic imine (C=N–C) groups is 1. The summed E-state index contributed by atoms with van der Waals surface area (Å²) in [6.45, 7) is 6.73. The number of halogens is 1. The van der Waals surface area contributed by atoms with Crippen molar-refractivity contribution >= 4 is 41.9 Å². The molecule has 160 valence electrons. The minimum atomic E-state index is -0.830. The number of phenolic OH excluding ortho intramolecular Hbond substituents is 1. The molecular formula is C20H30IN5O3. The second-order valence-corrected chi connectivity index (χ2v) is 7.49. The molecule has 1 atom stereocenters. The maximum absolute atomic E-state index is 12.2. The third-order valence-corrected chi connectivity index (χ3v) is 5.65. The molecule has 2 saturated heterocycles. The third kappa shape index (κ3) is 5.31. The highest BCUT2D eigenvalue weighted by atomic mass is 127. The Hall–Kier alpha value is -2.04. The van der Waals surface area contributed by atoms with E-state index in [4.69, 9.17) is 4.99 Å². The Morgan fingerprint density at radius 3 is 2.59 bits per heavy atom. The maximum atomic E-state index is 12.2. The predicted octanol–water partition coefficient (Wildman–Crippen LogP) is 1.83. The highest BCUT2D eigenvalue weighted by Crippen LogP contribution is 2.30. The highest BCUT2D eigenvalue weighted by Gasteiger charge is 2.48. The first-order valence-corrected chi connectivity index (χ1v) is 9.87. The maximum Gasteiger partial charge on any atom is 0.322 e. The largest absolute Gasteiger partial charge is 0.508 e. The number of hydrogen-bond acceptors (Lipinski definition) is 4. The lowest BCUT2D eigenvalue weighted by Crippen LogP contribution is -2.55. The summed E-state index contributed by atoms with van der Waals surface area (Å²) in [5, 5.41) is 18.4. The summed E-state index contributed by atoms with van der Waals surface area (Å²) in [7, 11) is 0. The molecule has 2 fully saturated rings. The fourth-order valence-electron chi connectivity index (χ4n) is 3.94. The number of guanidine groups is 1. The first-order chi connectivity index (χ1) is 13.4. The number of piperidine rings is 1. The molecule has 0 aromatic heterocycles. The van der Waals surface area contributed by atoms with Crippen LogP contribution in [0.4, 0.5) is 4.79 Å². The van der Waals surface area contributed by atoms with Gasteiger partial charge in [0, 0.05) is 26.2 Å². The van der Waals surface area contributed by atoms with Crippen LogP contribution in [0.15, 0.2) is 29.3 Å². The number of carbonyl (C=O) groups is 2. The van der Waals surface area contributed by atoms with Crippen molar-refractivity contribution in [3.63, 3.8) is 0 Å². The zero-order chi connectivity index (χ0) is 20.1. The summed E-state index contributed by atoms with van der Waals surface area (Å²) in [6, 6.07) is 6.91. The van der Waals surface area contributed by atoms with E-state index in [1.807, 2.05) is 25.1 Å². The molecule has 9 heteroatoms. The molecule has 0 aliphatic carbocycles. The summed E-state index contributed by atoms with van der Waals surface area (Å²) in [6.07, 6.45) is 2.27. The molecule has 1 unspecified atom stereocenters. The van der Waals surface area contributed by atoms with E-state index >= 15 is 0 Å². The molecule has 1 aromatic rings. The minimum absolute atomic E-state index is 0. The lowest BCUT2D eigenvalue weighted by molar-refractivity contribution is -0.125. The van der Waals surface area contributed by atoms with Crippen molar-refractivity contribution in [2.24, 2.45) is 10.9 Å². The molecule has 0 radical (unpaired) electrons. The van der Waals surface area contributed by atoms with Gasteiger partial charge in [-0.1, -0.05) is 18.2 Å². The number of para-hydroxylation sites is 1. The molecule has 2 aliphatic heterocycles. The van der Waals surface area contributed by atoms with Crippen molar-refractivity contribution in [1.29, 1.82) is 0 Å². The van der Waals surface area contributed by atoms with Crippen molar-refractivity contribution < 1.29 is 14.7 Å². The van der Waals surface area contributed by atoms with Gasteiger partial charge in [-0.05, 0) is 50.7 Å². The van der Waals surface area contributed by atoms with Gasteiger partial charge in [-0.2, -0.15) is 0 Å². The van der Waals surface area contributed by atoms with Gasteiger partial charge in [-0.25, -0.2) is 4.79 Å². The lowest BCUT2D eigenvalue weighted by atomic mass is 9.79. The van der Waals surface area contributed by atoms with Gasteiger partial charge < -0.3 is 20.6 Å². The molecule has 2 heterocycles. The third-order valence-electron chi connectivity index (χ3n) is 5.65. The molecule has 2 aliphatic rings. The summed E-state index contributed by atoms with van der Waals surface area (Å²) < 4.78 is 0. The Morgan fingerprint density at radius 1 is 1.31 bits per heavy atom. The molecule has 8 nitrogen and oxygen atoms in total. The standard InChI is InChI=1S/C20H29N5O3.HI/c1-3-21-18(22-11-8-14-6-4-5-7-16(14)26)25-12-9-15(10-13-25)20(2)17(27)23-19(28)24-20;/h4-7,15,26H,3,8-13H2,1-2H3,(H,21,22)(H2,23,24,27,28);1H. The van der Waals surface area contributed by atoms with Crippen LogP contribution in [-0.4, -0.2) is 59.6 Å². The van der Waals surface area contributed by atoms with Gasteiger partial charge in [0.15, 0.2) is 5.96 Å². The summed E-state index contributed by atoms with van der Waals surface area (Å²) >= 11 is 0. The van der Waals surface area contributed by atoms with Crippen molar-refractivity contribution in [2.75, 3.05) is 26.2 Å². The van der Waals surface area contributed by atoms with Crippen LogP contribution < -0.4 is 16.0 Å². The van der Waals surface area contributed by atoms with E-state index in [1.165, 1.54) is 0 Å². The van der Waals surface area contributed by atoms with Crippen molar-refractivity contribution in [3.05, 3.63) is 29.8 Å². The second kappa shape index (κ2) is 10.1. The van der Waals surface area contributed by atoms with E-state index in [2.05, 4.69) is 20.9 Å². The average molecular weight is 515 g/mol. The Labute approximate surface area is 188 Å². The summed E-state index contributed by atoms with van der Waals surface area (Å²) in [5.74, 6) is 1.01. The predicted molar refractivity (Wildman–Crippen MR) is 123 cm³/mol. The fraction of sp³-hybridized carbons (Fsp3) is 0.550. The van der Waals surface area contributed by atoms with Crippen molar-refractivity contribution in [3.8, 4) is 5.75 Å². The van der Waals surface area contributed by atoms with Gasteiger partial charge in [-0.15, -0.1) is 24.0 Å². The fourth-order valence-corrected chi connectivity index (χ4v) is 3.94. The number of rotatable bonds is 5. The number of aromatic hydroxyl groups is 1. The Morgan fingerprint density at radius 2 is 2.00 bits per heavy atom. The molecule has 3 amide bonds. The summed E-state index contributed by atoms with van der Waals surface area (Å²) in [4.78, 5) is 30.6. The van der Waals surface area contributed by atoms with E-state index in [-0.39, 0.29) is 35.8 Å². The topological polar surface area (TPSA) is 106 Å². The zero-order valence-corrected chi connectivity index (χ0v) is 19.2. The number of amides is 3. The van der Waals surface area contributed by atoms with Crippen LogP contribution in [0.25, 0.3) is 0 Å². The molecule has 0 bridgehead atoms. The Balaban J connectivity index is 0.00000300. The number of benzene rings is 1. The zero-order valence-electron chi connectivity index (χ0n) is 16.9. The number of phenols is 1. The smallest absolute Gasteiger partial charge is 0.322 e. The number of urea groups is 1. The summed E-state index contributed by atoms with van der Waals surface area (Å²) in [5.41, 5.74) is 0.0560. The second-order valence-electron chi connectivity index (χ2n) is 7.49. The quantitative estimate of drug-likeness (QED) is 0.207. The number of imide groups is 1. The van der Waals surface area contributed by atoms with Gasteiger partial charge in [0.05, 0.1) is 0 Å². The lowest BCUT2D eigenvalue weighted by Gasteiger charge is -2.39. The molecule has 0 spiro atoms. The SMILES string of the molecule is CCNC(=NCCc1ccccc1O)N1CCC(C2(C)NC(=O)NC2=O)CC1.I. The molecule has 0 saturated carbocycles. The minimum Gasteiger partial charge on any atom is -0.508 e. The number of likely N-dealkylation sites (tertiary alicyclic amines) is 1. The number of carbonyl (C=O) groups excluding carboxylic acids is 2. The van der Waals surface area contributed by atoms with Crippen LogP contribution in [0.5, 0.6) is 5.75 Å². The molecular weight excluding hydrogens is 485 g/mol. The number of nitrogens with one attached hydrogen (secondary N) is 3. The van der Waals surface area contributed by atoms with E-state index in [0.29, 0.717) is 18.7 Å². The first kappa shape index (κ1) is 23.2. The van der Waals surface area contributed by atoms with Crippen LogP contribution in [0.2, 0.25) is 0 Å². The normalized spacial score (nSPS) is 22.7. The highest BCUT2D eigenvalue weighted by molar-refractivity contribution is 14.0. The average Bonchev–Trinajstić information content (AvgIpc) is 2.95. The van der Waals surface area contributed by atoms with Crippen LogP contribution in [0.3, 0.4) is 0 Å².